The van der Waals surface area contributed by atoms with Gasteiger partial charge in [0.25, 0.3) is 11.5 Å². The third-order valence-corrected chi connectivity index (χ3v) is 2.32. The van der Waals surface area contributed by atoms with Crippen LogP contribution in [-0.2, 0) is 9.59 Å². The summed E-state index contributed by atoms with van der Waals surface area (Å²) in [6.07, 6.45) is 0. The fourth-order valence-electron chi connectivity index (χ4n) is 1.44. The van der Waals surface area contributed by atoms with Crippen LogP contribution in [0.5, 0.6) is 11.5 Å². The molecule has 0 saturated heterocycles. The summed E-state index contributed by atoms with van der Waals surface area (Å²) in [5.74, 6) is 3.18. The number of hydrogen-bond donors (Lipinski definition) is 0. The standard InChI is InChI=1S/C16H10O4/c17-11-15(19-13-7-3-1-4-8-13)16(12-18)20-14-9-5-2-6-10-14/h1-10H. The zero-order chi connectivity index (χ0) is 14.2. The van der Waals surface area contributed by atoms with Crippen molar-refractivity contribution in [3.8, 4) is 11.5 Å². The highest BCUT2D eigenvalue weighted by Gasteiger charge is 2.13. The van der Waals surface area contributed by atoms with Crippen molar-refractivity contribution in [2.75, 3.05) is 0 Å². The van der Waals surface area contributed by atoms with Gasteiger partial charge < -0.3 is 9.47 Å². The third-order valence-electron chi connectivity index (χ3n) is 2.32. The molecule has 0 fully saturated rings. The molecule has 0 bridgehead atoms. The molecule has 0 saturated carbocycles. The SMILES string of the molecule is O=C=C(Oc1ccccc1)C(=C=O)Oc1ccccc1. The van der Waals surface area contributed by atoms with E-state index in [0.29, 0.717) is 11.5 Å². The van der Waals surface area contributed by atoms with Gasteiger partial charge in [0, 0.05) is 0 Å². The Morgan fingerprint density at radius 3 is 1.30 bits per heavy atom. The minimum atomic E-state index is -0.352. The van der Waals surface area contributed by atoms with Gasteiger partial charge in [-0.15, -0.1) is 0 Å². The van der Waals surface area contributed by atoms with Gasteiger partial charge in [0.2, 0.25) is 0 Å². The Balaban J connectivity index is 2.18. The summed E-state index contributed by atoms with van der Waals surface area (Å²) in [6.45, 7) is 0. The molecule has 0 aliphatic heterocycles. The molecule has 0 spiro atoms. The first-order chi connectivity index (χ1) is 9.83. The van der Waals surface area contributed by atoms with E-state index in [1.807, 2.05) is 0 Å². The minimum absolute atomic E-state index is 0.352. The molecule has 0 N–H and O–H groups in total. The predicted molar refractivity (Wildman–Crippen MR) is 72.6 cm³/mol. The second-order valence-corrected chi connectivity index (χ2v) is 3.69. The second-order valence-electron chi connectivity index (χ2n) is 3.69. The van der Waals surface area contributed by atoms with Gasteiger partial charge in [-0.3, -0.25) is 0 Å². The monoisotopic (exact) mass is 266 g/mol. The lowest BCUT2D eigenvalue weighted by atomic mass is 10.3. The summed E-state index contributed by atoms with van der Waals surface area (Å²) < 4.78 is 10.5. The lowest BCUT2D eigenvalue weighted by molar-refractivity contribution is 0.352. The third kappa shape index (κ3) is 3.47. The van der Waals surface area contributed by atoms with E-state index in [1.165, 1.54) is 0 Å². The summed E-state index contributed by atoms with van der Waals surface area (Å²) in [4.78, 5) is 21.9. The molecule has 0 unspecified atom stereocenters. The first kappa shape index (κ1) is 13.4. The maximum atomic E-state index is 10.9. The maximum absolute atomic E-state index is 10.9. The van der Waals surface area contributed by atoms with E-state index < -0.39 is 0 Å². The highest BCUT2D eigenvalue weighted by atomic mass is 16.5. The van der Waals surface area contributed by atoms with Gasteiger partial charge in [-0.1, -0.05) is 36.4 Å². The smallest absolute Gasteiger partial charge is 0.264 e. The van der Waals surface area contributed by atoms with Crippen molar-refractivity contribution in [2.24, 2.45) is 0 Å². The Morgan fingerprint density at radius 2 is 1.00 bits per heavy atom. The van der Waals surface area contributed by atoms with E-state index in [4.69, 9.17) is 9.47 Å². The largest absolute Gasteiger partial charge is 0.441 e. The van der Waals surface area contributed by atoms with Crippen molar-refractivity contribution in [2.45, 2.75) is 0 Å². The van der Waals surface area contributed by atoms with Gasteiger partial charge >= 0.3 is 0 Å². The van der Waals surface area contributed by atoms with Gasteiger partial charge in [0.15, 0.2) is 11.9 Å². The summed E-state index contributed by atoms with van der Waals surface area (Å²) in [6, 6.07) is 17.1. The molecule has 2 aromatic carbocycles. The van der Waals surface area contributed by atoms with Crippen LogP contribution in [0.25, 0.3) is 0 Å². The Bertz CT molecular complexity index is 603. The summed E-state index contributed by atoms with van der Waals surface area (Å²) >= 11 is 0. The van der Waals surface area contributed by atoms with Crippen LogP contribution in [-0.4, -0.2) is 11.9 Å². The number of carbonyl (C=O) groups excluding carboxylic acids is 2. The molecule has 2 rings (SSSR count). The number of rotatable bonds is 5. The fraction of sp³-hybridized carbons (Fsp3) is 0. The fourth-order valence-corrected chi connectivity index (χ4v) is 1.44. The van der Waals surface area contributed by atoms with E-state index in [2.05, 4.69) is 0 Å². The van der Waals surface area contributed by atoms with Crippen molar-refractivity contribution in [3.63, 3.8) is 0 Å². The number of ether oxygens (including phenoxy) is 2. The molecule has 0 heterocycles. The van der Waals surface area contributed by atoms with Crippen molar-refractivity contribution < 1.29 is 19.1 Å². The van der Waals surface area contributed by atoms with Crippen LogP contribution < -0.4 is 9.47 Å². The van der Waals surface area contributed by atoms with Crippen molar-refractivity contribution in [3.05, 3.63) is 72.2 Å². The molecule has 4 heteroatoms. The quantitative estimate of drug-likeness (QED) is 0.474. The van der Waals surface area contributed by atoms with Gasteiger partial charge in [0.1, 0.15) is 11.5 Å². The van der Waals surface area contributed by atoms with Crippen molar-refractivity contribution >= 4 is 11.9 Å². The Morgan fingerprint density at radius 1 is 0.650 bits per heavy atom. The van der Waals surface area contributed by atoms with Crippen LogP contribution >= 0.6 is 0 Å². The molecule has 0 aromatic heterocycles. The number of benzene rings is 2. The Labute approximate surface area is 115 Å². The van der Waals surface area contributed by atoms with Crippen LogP contribution in [0.15, 0.2) is 72.2 Å². The predicted octanol–water partition coefficient (Wildman–Crippen LogP) is 2.58. The summed E-state index contributed by atoms with van der Waals surface area (Å²) in [5, 5.41) is 0. The average molecular weight is 266 g/mol. The van der Waals surface area contributed by atoms with Gasteiger partial charge in [-0.25, -0.2) is 9.59 Å². The molecular weight excluding hydrogens is 256 g/mol. The number of hydrogen-bond acceptors (Lipinski definition) is 4. The molecule has 0 radical (unpaired) electrons. The highest BCUT2D eigenvalue weighted by Crippen LogP contribution is 2.18. The van der Waals surface area contributed by atoms with Crippen LogP contribution in [0.1, 0.15) is 0 Å². The Kier molecular flexibility index (Phi) is 4.52. The highest BCUT2D eigenvalue weighted by molar-refractivity contribution is 5.68. The normalized spacial score (nSPS) is 9.00. The molecule has 4 nitrogen and oxygen atoms in total. The molecule has 2 aromatic rings. The minimum Gasteiger partial charge on any atom is -0.441 e. The van der Waals surface area contributed by atoms with Crippen LogP contribution in [0.2, 0.25) is 0 Å². The van der Waals surface area contributed by atoms with Gasteiger partial charge in [-0.2, -0.15) is 0 Å². The molecule has 0 atom stereocenters. The molecule has 0 amide bonds. The molecule has 98 valence electrons. The van der Waals surface area contributed by atoms with Crippen LogP contribution in [0, 0.1) is 0 Å². The zero-order valence-electron chi connectivity index (χ0n) is 10.4. The molecule has 0 aliphatic rings. The first-order valence-electron chi connectivity index (χ1n) is 5.80. The lowest BCUT2D eigenvalue weighted by Gasteiger charge is -2.08. The van der Waals surface area contributed by atoms with Crippen LogP contribution in [0.3, 0.4) is 0 Å². The molecular formula is C16H10O4. The first-order valence-corrected chi connectivity index (χ1v) is 5.80. The molecule has 0 aliphatic carbocycles. The van der Waals surface area contributed by atoms with E-state index in [-0.39, 0.29) is 11.5 Å². The average Bonchev–Trinajstić information content (AvgIpc) is 2.52. The second kappa shape index (κ2) is 6.76. The van der Waals surface area contributed by atoms with E-state index in [9.17, 15) is 9.59 Å². The number of para-hydroxylation sites is 2. The lowest BCUT2D eigenvalue weighted by Crippen LogP contribution is -2.07. The zero-order valence-corrected chi connectivity index (χ0v) is 10.4. The van der Waals surface area contributed by atoms with Crippen molar-refractivity contribution in [1.82, 2.24) is 0 Å². The molecule has 20 heavy (non-hydrogen) atoms. The van der Waals surface area contributed by atoms with E-state index >= 15 is 0 Å². The van der Waals surface area contributed by atoms with E-state index in [1.54, 1.807) is 72.5 Å². The summed E-state index contributed by atoms with van der Waals surface area (Å²) in [7, 11) is 0. The Hall–Kier alpha value is -3.06. The van der Waals surface area contributed by atoms with Crippen molar-refractivity contribution in [1.29, 1.82) is 0 Å². The summed E-state index contributed by atoms with van der Waals surface area (Å²) in [5.41, 5.74) is 0. The van der Waals surface area contributed by atoms with Gasteiger partial charge in [0.05, 0.1) is 0 Å². The van der Waals surface area contributed by atoms with E-state index in [0.717, 1.165) is 0 Å². The maximum Gasteiger partial charge on any atom is 0.264 e. The topological polar surface area (TPSA) is 52.6 Å². The van der Waals surface area contributed by atoms with Gasteiger partial charge in [-0.05, 0) is 24.3 Å². The van der Waals surface area contributed by atoms with Crippen LogP contribution in [0.4, 0.5) is 0 Å².